The largest absolute Gasteiger partial charge is 0.357 e. The SMILES string of the molecule is CNC(=O)C(Cc1ccccc1)N(Cc1ccc(Cl)cc1)C(=O)CN(c1ccc(Cl)c(Cl)c1)S(=O)(=O)c1ccc(C)cc1. The van der Waals surface area contributed by atoms with E-state index in [1.807, 2.05) is 37.3 Å². The van der Waals surface area contributed by atoms with Gasteiger partial charge in [-0.3, -0.25) is 13.9 Å². The van der Waals surface area contributed by atoms with Crippen LogP contribution in [0.15, 0.2) is 102 Å². The van der Waals surface area contributed by atoms with Crippen molar-refractivity contribution in [3.05, 3.63) is 129 Å². The van der Waals surface area contributed by atoms with Gasteiger partial charge in [-0.05, 0) is 60.5 Å². The third-order valence-corrected chi connectivity index (χ3v) is 9.64. The average Bonchev–Trinajstić information content (AvgIpc) is 3.00. The van der Waals surface area contributed by atoms with Gasteiger partial charge < -0.3 is 10.2 Å². The molecule has 0 aromatic heterocycles. The highest BCUT2D eigenvalue weighted by Crippen LogP contribution is 2.31. The number of aryl methyl sites for hydroxylation is 1. The molecule has 4 aromatic rings. The third-order valence-electron chi connectivity index (χ3n) is 6.86. The zero-order valence-electron chi connectivity index (χ0n) is 23.5. The van der Waals surface area contributed by atoms with Crippen LogP contribution in [0.5, 0.6) is 0 Å². The monoisotopic (exact) mass is 657 g/mol. The van der Waals surface area contributed by atoms with Crippen molar-refractivity contribution in [3.63, 3.8) is 0 Å². The van der Waals surface area contributed by atoms with Gasteiger partial charge in [0.15, 0.2) is 0 Å². The lowest BCUT2D eigenvalue weighted by atomic mass is 10.0. The molecule has 0 spiro atoms. The lowest BCUT2D eigenvalue weighted by Gasteiger charge is -2.33. The van der Waals surface area contributed by atoms with Crippen molar-refractivity contribution in [2.75, 3.05) is 17.9 Å². The van der Waals surface area contributed by atoms with Gasteiger partial charge in [-0.25, -0.2) is 8.42 Å². The normalized spacial score (nSPS) is 11.9. The maximum Gasteiger partial charge on any atom is 0.264 e. The van der Waals surface area contributed by atoms with Crippen LogP contribution >= 0.6 is 34.8 Å². The van der Waals surface area contributed by atoms with Crippen LogP contribution < -0.4 is 9.62 Å². The number of likely N-dealkylation sites (N-methyl/N-ethyl adjacent to an activating group) is 1. The highest BCUT2D eigenvalue weighted by Gasteiger charge is 2.34. The molecular formula is C32H30Cl3N3O4S. The highest BCUT2D eigenvalue weighted by atomic mass is 35.5. The summed E-state index contributed by atoms with van der Waals surface area (Å²) in [4.78, 5) is 29.0. The molecule has 43 heavy (non-hydrogen) atoms. The van der Waals surface area contributed by atoms with E-state index in [1.54, 1.807) is 36.4 Å². The Balaban J connectivity index is 1.80. The van der Waals surface area contributed by atoms with Crippen LogP contribution in [0, 0.1) is 6.92 Å². The Hall–Kier alpha value is -3.56. The van der Waals surface area contributed by atoms with Gasteiger partial charge in [-0.2, -0.15) is 0 Å². The Labute approximate surface area is 267 Å². The first kappa shape index (κ1) is 32.4. The Bertz CT molecular complexity index is 1680. The van der Waals surface area contributed by atoms with Crippen LogP contribution in [0.2, 0.25) is 15.1 Å². The van der Waals surface area contributed by atoms with Gasteiger partial charge in [0, 0.05) is 25.0 Å². The van der Waals surface area contributed by atoms with Crippen LogP contribution in [-0.4, -0.2) is 44.8 Å². The zero-order valence-corrected chi connectivity index (χ0v) is 26.6. The van der Waals surface area contributed by atoms with E-state index in [0.29, 0.717) is 10.6 Å². The van der Waals surface area contributed by atoms with Crippen molar-refractivity contribution in [1.82, 2.24) is 10.2 Å². The van der Waals surface area contributed by atoms with Crippen molar-refractivity contribution in [2.45, 2.75) is 30.8 Å². The second kappa shape index (κ2) is 14.3. The van der Waals surface area contributed by atoms with E-state index in [4.69, 9.17) is 34.8 Å². The number of nitrogens with zero attached hydrogens (tertiary/aromatic N) is 2. The van der Waals surface area contributed by atoms with Crippen LogP contribution in [0.1, 0.15) is 16.7 Å². The summed E-state index contributed by atoms with van der Waals surface area (Å²) in [6.45, 7) is 1.27. The predicted molar refractivity (Wildman–Crippen MR) is 172 cm³/mol. The zero-order chi connectivity index (χ0) is 31.1. The van der Waals surface area contributed by atoms with Gasteiger partial charge in [0.25, 0.3) is 10.0 Å². The summed E-state index contributed by atoms with van der Waals surface area (Å²) in [6, 6.07) is 25.9. The summed E-state index contributed by atoms with van der Waals surface area (Å²) in [5.41, 5.74) is 2.56. The molecule has 0 saturated heterocycles. The van der Waals surface area contributed by atoms with Crippen molar-refractivity contribution in [2.24, 2.45) is 0 Å². The standard InChI is InChI=1S/C32H30Cl3N3O4S/c1-22-8-15-27(16-9-22)43(41,42)38(26-14-17-28(34)29(35)19-26)21-31(39)37(20-24-10-12-25(33)13-11-24)30(32(40)36-2)18-23-6-4-3-5-7-23/h3-17,19,30H,18,20-21H2,1-2H3,(H,36,40). The third kappa shape index (κ3) is 8.09. The number of halogens is 3. The van der Waals surface area contributed by atoms with Crippen LogP contribution in [0.25, 0.3) is 0 Å². The number of anilines is 1. The number of sulfonamides is 1. The molecule has 7 nitrogen and oxygen atoms in total. The first-order valence-corrected chi connectivity index (χ1v) is 15.9. The number of carbonyl (C=O) groups excluding carboxylic acids is 2. The number of carbonyl (C=O) groups is 2. The smallest absolute Gasteiger partial charge is 0.264 e. The summed E-state index contributed by atoms with van der Waals surface area (Å²) >= 11 is 18.5. The van der Waals surface area contributed by atoms with Gasteiger partial charge in [0.1, 0.15) is 12.6 Å². The molecule has 0 bridgehead atoms. The number of rotatable bonds is 11. The molecule has 0 fully saturated rings. The molecule has 4 rings (SSSR count). The van der Waals surface area contributed by atoms with Crippen molar-refractivity contribution in [3.8, 4) is 0 Å². The molecule has 1 unspecified atom stereocenters. The number of nitrogens with one attached hydrogen (secondary N) is 1. The van der Waals surface area contributed by atoms with Gasteiger partial charge in [-0.15, -0.1) is 0 Å². The van der Waals surface area contributed by atoms with Crippen molar-refractivity contribution >= 4 is 62.3 Å². The van der Waals surface area contributed by atoms with Crippen molar-refractivity contribution in [1.29, 1.82) is 0 Å². The molecule has 0 heterocycles. The predicted octanol–water partition coefficient (Wildman–Crippen LogP) is 6.54. The minimum Gasteiger partial charge on any atom is -0.357 e. The van der Waals surface area contributed by atoms with Gasteiger partial charge in [0.2, 0.25) is 11.8 Å². The molecule has 1 atom stereocenters. The van der Waals surface area contributed by atoms with E-state index in [-0.39, 0.29) is 33.6 Å². The van der Waals surface area contributed by atoms with E-state index >= 15 is 0 Å². The van der Waals surface area contributed by atoms with Crippen LogP contribution in [-0.2, 0) is 32.6 Å². The first-order chi connectivity index (χ1) is 20.5. The second-order valence-corrected chi connectivity index (χ2v) is 13.0. The molecule has 0 saturated carbocycles. The number of benzene rings is 4. The van der Waals surface area contributed by atoms with Gasteiger partial charge in [0.05, 0.1) is 20.6 Å². The molecule has 4 aromatic carbocycles. The Morgan fingerprint density at radius 3 is 2.07 bits per heavy atom. The number of hydrogen-bond donors (Lipinski definition) is 1. The van der Waals surface area contributed by atoms with Gasteiger partial charge >= 0.3 is 0 Å². The quantitative estimate of drug-likeness (QED) is 0.198. The highest BCUT2D eigenvalue weighted by molar-refractivity contribution is 7.92. The minimum atomic E-state index is -4.25. The fraction of sp³-hybridized carbons (Fsp3) is 0.188. The molecule has 0 aliphatic carbocycles. The Morgan fingerprint density at radius 1 is 0.814 bits per heavy atom. The van der Waals surface area contributed by atoms with E-state index in [0.717, 1.165) is 15.4 Å². The minimum absolute atomic E-state index is 0.00615. The van der Waals surface area contributed by atoms with Crippen LogP contribution in [0.3, 0.4) is 0 Å². The molecule has 0 aliphatic heterocycles. The van der Waals surface area contributed by atoms with E-state index in [1.165, 1.54) is 42.3 Å². The summed E-state index contributed by atoms with van der Waals surface area (Å²) in [5.74, 6) is -0.991. The maximum absolute atomic E-state index is 14.3. The van der Waals surface area contributed by atoms with E-state index < -0.39 is 34.4 Å². The summed E-state index contributed by atoms with van der Waals surface area (Å²) in [6.07, 6.45) is 0.206. The second-order valence-electron chi connectivity index (χ2n) is 9.89. The van der Waals surface area contributed by atoms with E-state index in [9.17, 15) is 18.0 Å². The van der Waals surface area contributed by atoms with E-state index in [2.05, 4.69) is 5.32 Å². The fourth-order valence-electron chi connectivity index (χ4n) is 4.51. The first-order valence-electron chi connectivity index (χ1n) is 13.3. The molecule has 11 heteroatoms. The Kier molecular flexibility index (Phi) is 10.7. The number of amides is 2. The summed E-state index contributed by atoms with van der Waals surface area (Å²) in [5, 5.41) is 3.53. The molecule has 224 valence electrons. The fourth-order valence-corrected chi connectivity index (χ4v) is 6.34. The number of hydrogen-bond acceptors (Lipinski definition) is 4. The molecule has 0 aliphatic rings. The molecule has 0 radical (unpaired) electrons. The summed E-state index contributed by atoms with van der Waals surface area (Å²) < 4.78 is 29.0. The van der Waals surface area contributed by atoms with Crippen molar-refractivity contribution < 1.29 is 18.0 Å². The molecule has 1 N–H and O–H groups in total. The summed E-state index contributed by atoms with van der Waals surface area (Å²) in [7, 11) is -2.76. The average molecular weight is 659 g/mol. The molecule has 2 amide bonds. The maximum atomic E-state index is 14.3. The Morgan fingerprint density at radius 2 is 1.47 bits per heavy atom. The lowest BCUT2D eigenvalue weighted by Crippen LogP contribution is -2.53. The van der Waals surface area contributed by atoms with Crippen LogP contribution in [0.4, 0.5) is 5.69 Å². The topological polar surface area (TPSA) is 86.8 Å². The van der Waals surface area contributed by atoms with Gasteiger partial charge in [-0.1, -0.05) is 95.0 Å². The molecular weight excluding hydrogens is 629 g/mol. The lowest BCUT2D eigenvalue weighted by molar-refractivity contribution is -0.139.